The van der Waals surface area contributed by atoms with E-state index in [1.165, 1.54) is 11.8 Å². The molecule has 116 valence electrons. The van der Waals surface area contributed by atoms with Crippen LogP contribution in [0.1, 0.15) is 22.8 Å². The Morgan fingerprint density at radius 3 is 2.78 bits per heavy atom. The van der Waals surface area contributed by atoms with Gasteiger partial charge in [0, 0.05) is 27.4 Å². The van der Waals surface area contributed by atoms with Gasteiger partial charge in [-0.3, -0.25) is 4.79 Å². The van der Waals surface area contributed by atoms with Gasteiger partial charge in [-0.1, -0.05) is 34.1 Å². The molecule has 0 unspecified atom stereocenters. The Bertz CT molecular complexity index is 776. The molecule has 1 amide bonds. The topological polar surface area (TPSA) is 52.9 Å². The lowest BCUT2D eigenvalue weighted by molar-refractivity contribution is -0.120. The summed E-state index contributed by atoms with van der Waals surface area (Å²) in [4.78, 5) is 13.1. The van der Waals surface area contributed by atoms with Crippen molar-refractivity contribution in [2.24, 2.45) is 0 Å². The predicted molar refractivity (Wildman–Crippen MR) is 97.9 cm³/mol. The molecule has 0 saturated heterocycles. The van der Waals surface area contributed by atoms with Gasteiger partial charge in [0.1, 0.15) is 0 Å². The summed E-state index contributed by atoms with van der Waals surface area (Å²) in [6.45, 7) is 0. The number of allylic oxidation sites excluding steroid dienone is 1. The molecule has 1 aliphatic rings. The first-order chi connectivity index (χ1) is 11.2. The number of nitrogens with one attached hydrogen (secondary N) is 1. The molecular weight excluding hydrogens is 392 g/mol. The summed E-state index contributed by atoms with van der Waals surface area (Å²) in [5.41, 5.74) is 1.81. The van der Waals surface area contributed by atoms with Crippen molar-refractivity contribution < 1.29 is 4.79 Å². The second-order valence-electron chi connectivity index (χ2n) is 5.09. The Labute approximate surface area is 151 Å². The number of nitrogens with zero attached hydrogens (tertiary/aromatic N) is 1. The molecule has 23 heavy (non-hydrogen) atoms. The zero-order chi connectivity index (χ0) is 16.2. The highest BCUT2D eigenvalue weighted by atomic mass is 79.9. The van der Waals surface area contributed by atoms with Crippen molar-refractivity contribution in [2.45, 2.75) is 18.1 Å². The molecule has 3 rings (SSSR count). The van der Waals surface area contributed by atoms with Crippen LogP contribution in [-0.2, 0) is 10.5 Å². The van der Waals surface area contributed by atoms with E-state index in [0.29, 0.717) is 22.8 Å². The molecule has 1 N–H and O–H groups in total. The van der Waals surface area contributed by atoms with Crippen molar-refractivity contribution in [3.05, 3.63) is 67.3 Å². The minimum atomic E-state index is -0.124. The summed E-state index contributed by atoms with van der Waals surface area (Å²) in [7, 11) is 0. The van der Waals surface area contributed by atoms with E-state index in [0.717, 1.165) is 14.9 Å². The van der Waals surface area contributed by atoms with Gasteiger partial charge in [-0.05, 0) is 29.1 Å². The number of thiophene rings is 1. The second-order valence-corrected chi connectivity index (χ2v) is 7.97. The van der Waals surface area contributed by atoms with Crippen LogP contribution in [0.25, 0.3) is 0 Å². The highest BCUT2D eigenvalue weighted by Gasteiger charge is 2.30. The van der Waals surface area contributed by atoms with Crippen LogP contribution < -0.4 is 5.32 Å². The number of hydrogen-bond donors (Lipinski definition) is 1. The van der Waals surface area contributed by atoms with E-state index in [9.17, 15) is 10.1 Å². The maximum atomic E-state index is 12.0. The molecule has 1 aromatic heterocycles. The molecule has 2 heterocycles. The van der Waals surface area contributed by atoms with E-state index < -0.39 is 0 Å². The molecule has 1 aliphatic heterocycles. The van der Waals surface area contributed by atoms with Crippen molar-refractivity contribution in [3.63, 3.8) is 0 Å². The number of benzene rings is 1. The minimum absolute atomic E-state index is 0.0271. The third-order valence-electron chi connectivity index (χ3n) is 3.54. The van der Waals surface area contributed by atoms with Crippen LogP contribution in [-0.4, -0.2) is 5.91 Å². The van der Waals surface area contributed by atoms with Crippen molar-refractivity contribution in [3.8, 4) is 6.07 Å². The summed E-state index contributed by atoms with van der Waals surface area (Å²) < 4.78 is 1.03. The fraction of sp³-hybridized carbons (Fsp3) is 0.176. The summed E-state index contributed by atoms with van der Waals surface area (Å²) in [6.07, 6.45) is 0.339. The number of nitriles is 1. The van der Waals surface area contributed by atoms with Gasteiger partial charge < -0.3 is 5.32 Å². The lowest BCUT2D eigenvalue weighted by atomic mass is 9.93. The largest absolute Gasteiger partial charge is 0.320 e. The van der Waals surface area contributed by atoms with Crippen LogP contribution in [0.5, 0.6) is 0 Å². The number of thioether (sulfide) groups is 1. The molecule has 0 fully saturated rings. The third kappa shape index (κ3) is 3.86. The summed E-state index contributed by atoms with van der Waals surface area (Å²) in [5.74, 6) is 0.562. The van der Waals surface area contributed by atoms with E-state index in [1.807, 2.05) is 41.8 Å². The number of hydrogen-bond acceptors (Lipinski definition) is 4. The minimum Gasteiger partial charge on any atom is -0.320 e. The van der Waals surface area contributed by atoms with Crippen LogP contribution in [0.4, 0.5) is 0 Å². The van der Waals surface area contributed by atoms with Crippen molar-refractivity contribution in [1.82, 2.24) is 5.32 Å². The Morgan fingerprint density at radius 1 is 1.35 bits per heavy atom. The Morgan fingerprint density at radius 2 is 2.13 bits per heavy atom. The van der Waals surface area contributed by atoms with E-state index in [4.69, 9.17) is 0 Å². The lowest BCUT2D eigenvalue weighted by Crippen LogP contribution is -2.30. The van der Waals surface area contributed by atoms with Crippen molar-refractivity contribution >= 4 is 44.9 Å². The fourth-order valence-corrected chi connectivity index (χ4v) is 4.54. The smallest absolute Gasteiger partial charge is 0.225 e. The maximum Gasteiger partial charge on any atom is 0.225 e. The van der Waals surface area contributed by atoms with Crippen LogP contribution >= 0.6 is 39.0 Å². The van der Waals surface area contributed by atoms with Crippen molar-refractivity contribution in [1.29, 1.82) is 5.26 Å². The molecule has 1 aromatic carbocycles. The van der Waals surface area contributed by atoms with E-state index in [1.54, 1.807) is 11.3 Å². The second kappa shape index (κ2) is 7.35. The summed E-state index contributed by atoms with van der Waals surface area (Å²) >= 11 is 6.51. The first-order valence-electron chi connectivity index (χ1n) is 7.02. The number of halogens is 1. The number of carbonyl (C=O) groups is 1. The van der Waals surface area contributed by atoms with Gasteiger partial charge in [-0.2, -0.15) is 5.26 Å². The Balaban J connectivity index is 1.83. The van der Waals surface area contributed by atoms with Crippen LogP contribution in [0.3, 0.4) is 0 Å². The van der Waals surface area contributed by atoms with Gasteiger partial charge in [-0.15, -0.1) is 23.1 Å². The zero-order valence-electron chi connectivity index (χ0n) is 12.1. The number of amides is 1. The maximum absolute atomic E-state index is 12.0. The first kappa shape index (κ1) is 16.3. The number of rotatable bonds is 4. The molecule has 0 aliphatic carbocycles. The average Bonchev–Trinajstić information content (AvgIpc) is 3.08. The van der Waals surface area contributed by atoms with Crippen molar-refractivity contribution in [2.75, 3.05) is 0 Å². The summed E-state index contributed by atoms with van der Waals surface area (Å²) in [5, 5.41) is 15.1. The molecule has 6 heteroatoms. The van der Waals surface area contributed by atoms with Crippen LogP contribution in [0.15, 0.2) is 56.9 Å². The van der Waals surface area contributed by atoms with Gasteiger partial charge in [0.25, 0.3) is 0 Å². The SMILES string of the molecule is N#CC1=C(SCc2ccc(Br)cc2)NC(=O)C[C@H]1c1cccs1. The quantitative estimate of drug-likeness (QED) is 0.796. The average molecular weight is 405 g/mol. The van der Waals surface area contributed by atoms with Gasteiger partial charge in [0.15, 0.2) is 0 Å². The van der Waals surface area contributed by atoms with E-state index >= 15 is 0 Å². The van der Waals surface area contributed by atoms with Gasteiger partial charge in [0.05, 0.1) is 16.7 Å². The molecular formula is C17H13BrN2OS2. The molecule has 3 nitrogen and oxygen atoms in total. The number of carbonyl (C=O) groups excluding carboxylic acids is 1. The third-order valence-corrected chi connectivity index (χ3v) is 6.14. The van der Waals surface area contributed by atoms with Gasteiger partial charge in [-0.25, -0.2) is 0 Å². The predicted octanol–water partition coefficient (Wildman–Crippen LogP) is 4.78. The molecule has 0 saturated carbocycles. The van der Waals surface area contributed by atoms with Gasteiger partial charge in [0.2, 0.25) is 5.91 Å². The molecule has 2 aromatic rings. The lowest BCUT2D eigenvalue weighted by Gasteiger charge is -2.24. The van der Waals surface area contributed by atoms with Gasteiger partial charge >= 0.3 is 0 Å². The van der Waals surface area contributed by atoms with E-state index in [2.05, 4.69) is 27.3 Å². The Hall–Kier alpha value is -1.55. The monoisotopic (exact) mass is 404 g/mol. The van der Waals surface area contributed by atoms with Crippen LogP contribution in [0.2, 0.25) is 0 Å². The Kier molecular flexibility index (Phi) is 5.21. The van der Waals surface area contributed by atoms with E-state index in [-0.39, 0.29) is 11.8 Å². The highest BCUT2D eigenvalue weighted by molar-refractivity contribution is 9.10. The highest BCUT2D eigenvalue weighted by Crippen LogP contribution is 2.38. The normalized spacial score (nSPS) is 17.7. The summed E-state index contributed by atoms with van der Waals surface area (Å²) in [6, 6.07) is 14.3. The fourth-order valence-electron chi connectivity index (χ4n) is 2.40. The first-order valence-corrected chi connectivity index (χ1v) is 9.68. The van der Waals surface area contributed by atoms with Crippen LogP contribution in [0, 0.1) is 11.3 Å². The standard InChI is InChI=1S/C17H13BrN2OS2/c18-12-5-3-11(4-6-12)10-23-17-14(9-19)13(8-16(21)20-17)15-2-1-7-22-15/h1-7,13H,8,10H2,(H,20,21)/t13-/m1/s1. The molecule has 1 atom stereocenters. The zero-order valence-corrected chi connectivity index (χ0v) is 15.3. The molecule has 0 bridgehead atoms. The molecule has 0 radical (unpaired) electrons. The molecule has 0 spiro atoms.